The van der Waals surface area contributed by atoms with E-state index in [1.54, 1.807) is 0 Å². The second-order valence-corrected chi connectivity index (χ2v) is 6.82. The molecule has 0 atom stereocenters. The normalized spacial score (nSPS) is 16.9. The number of thiophene rings is 1. The Morgan fingerprint density at radius 1 is 0.900 bits per heavy atom. The first-order valence-electron chi connectivity index (χ1n) is 7.73. The van der Waals surface area contributed by atoms with E-state index in [1.165, 1.54) is 54.0 Å². The van der Waals surface area contributed by atoms with Crippen molar-refractivity contribution in [2.24, 2.45) is 0 Å². The predicted molar refractivity (Wildman–Crippen MR) is 89.6 cm³/mol. The number of benzene rings is 1. The molecule has 1 aliphatic carbocycles. The Kier molecular flexibility index (Phi) is 4.41. The quantitative estimate of drug-likeness (QED) is 0.666. The van der Waals surface area contributed by atoms with Crippen LogP contribution in [-0.2, 0) is 0 Å². The van der Waals surface area contributed by atoms with Gasteiger partial charge in [0.25, 0.3) is 0 Å². The highest BCUT2D eigenvalue weighted by Crippen LogP contribution is 2.35. The highest BCUT2D eigenvalue weighted by Gasteiger charge is 2.18. The maximum Gasteiger partial charge on any atom is 0.0914 e. The molecule has 106 valence electrons. The Labute approximate surface area is 126 Å². The molecule has 0 radical (unpaired) electrons. The van der Waals surface area contributed by atoms with Gasteiger partial charge in [-0.25, -0.2) is 0 Å². The summed E-state index contributed by atoms with van der Waals surface area (Å²) >= 11 is 1.92. The zero-order chi connectivity index (χ0) is 13.8. The lowest BCUT2D eigenvalue weighted by molar-refractivity contribution is 0.555. The van der Waals surface area contributed by atoms with Crippen LogP contribution in [0, 0.1) is 0 Å². The van der Waals surface area contributed by atoms with Gasteiger partial charge in [0.15, 0.2) is 0 Å². The Morgan fingerprint density at radius 3 is 2.30 bits per heavy atom. The zero-order valence-corrected chi connectivity index (χ0v) is 13.0. The van der Waals surface area contributed by atoms with Crippen molar-refractivity contribution in [1.82, 2.24) is 0 Å². The summed E-state index contributed by atoms with van der Waals surface area (Å²) in [7, 11) is 2.27. The van der Waals surface area contributed by atoms with E-state index in [-0.39, 0.29) is 0 Å². The van der Waals surface area contributed by atoms with Crippen molar-refractivity contribution in [2.75, 3.05) is 11.9 Å². The van der Waals surface area contributed by atoms with Crippen molar-refractivity contribution in [3.63, 3.8) is 0 Å². The van der Waals surface area contributed by atoms with Crippen LogP contribution in [0.5, 0.6) is 0 Å². The van der Waals surface area contributed by atoms with Gasteiger partial charge in [-0.1, -0.05) is 56.0 Å². The van der Waals surface area contributed by atoms with E-state index >= 15 is 0 Å². The molecule has 1 heterocycles. The standard InChI is InChI=1S/C18H23NS/c1-19(16-11-7-2-3-8-12-16)18-14-13-17(20-18)15-9-5-4-6-10-15/h4-6,9-10,13-14,16H,2-3,7-8,11-12H2,1H3. The first kappa shape index (κ1) is 13.7. The molecule has 0 spiro atoms. The van der Waals surface area contributed by atoms with Crippen molar-refractivity contribution in [2.45, 2.75) is 44.6 Å². The summed E-state index contributed by atoms with van der Waals surface area (Å²) in [6, 6.07) is 16.0. The summed E-state index contributed by atoms with van der Waals surface area (Å²) in [6.45, 7) is 0. The molecule has 0 unspecified atom stereocenters. The molecule has 1 aromatic carbocycles. The first-order valence-corrected chi connectivity index (χ1v) is 8.54. The van der Waals surface area contributed by atoms with Gasteiger partial charge in [0, 0.05) is 18.0 Å². The molecule has 0 saturated heterocycles. The fraction of sp³-hybridized carbons (Fsp3) is 0.444. The minimum absolute atomic E-state index is 0.736. The van der Waals surface area contributed by atoms with Gasteiger partial charge in [0.1, 0.15) is 0 Å². The van der Waals surface area contributed by atoms with E-state index in [4.69, 9.17) is 0 Å². The summed E-state index contributed by atoms with van der Waals surface area (Å²) in [6.07, 6.45) is 8.34. The Balaban J connectivity index is 1.75. The van der Waals surface area contributed by atoms with E-state index in [0.717, 1.165) is 6.04 Å². The lowest BCUT2D eigenvalue weighted by Gasteiger charge is -2.27. The van der Waals surface area contributed by atoms with Crippen LogP contribution in [0.2, 0.25) is 0 Å². The van der Waals surface area contributed by atoms with E-state index in [9.17, 15) is 0 Å². The third-order valence-corrected chi connectivity index (χ3v) is 5.60. The Hall–Kier alpha value is -1.28. The summed E-state index contributed by atoms with van der Waals surface area (Å²) in [5.41, 5.74) is 1.33. The van der Waals surface area contributed by atoms with Gasteiger partial charge >= 0.3 is 0 Å². The maximum absolute atomic E-state index is 2.52. The summed E-state index contributed by atoms with van der Waals surface area (Å²) in [4.78, 5) is 3.89. The van der Waals surface area contributed by atoms with Crippen molar-refractivity contribution in [3.05, 3.63) is 42.5 Å². The molecule has 0 aliphatic heterocycles. The van der Waals surface area contributed by atoms with Gasteiger partial charge in [0.2, 0.25) is 0 Å². The predicted octanol–water partition coefficient (Wildman–Crippen LogP) is 5.57. The SMILES string of the molecule is CN(c1ccc(-c2ccccc2)s1)C1CCCCCC1. The van der Waals surface area contributed by atoms with Crippen molar-refractivity contribution in [3.8, 4) is 10.4 Å². The molecule has 2 aromatic rings. The monoisotopic (exact) mass is 285 g/mol. The molecule has 1 aliphatic rings. The molecule has 0 amide bonds. The molecule has 2 heteroatoms. The van der Waals surface area contributed by atoms with Gasteiger partial charge in [-0.05, 0) is 30.5 Å². The van der Waals surface area contributed by atoms with E-state index in [1.807, 2.05) is 11.3 Å². The summed E-state index contributed by atoms with van der Waals surface area (Å²) < 4.78 is 0. The van der Waals surface area contributed by atoms with Gasteiger partial charge in [-0.15, -0.1) is 11.3 Å². The second kappa shape index (κ2) is 6.45. The topological polar surface area (TPSA) is 3.24 Å². The molecule has 1 fully saturated rings. The van der Waals surface area contributed by atoms with Crippen LogP contribution >= 0.6 is 11.3 Å². The molecule has 0 N–H and O–H groups in total. The van der Waals surface area contributed by atoms with Crippen LogP contribution < -0.4 is 4.90 Å². The van der Waals surface area contributed by atoms with Gasteiger partial charge in [-0.2, -0.15) is 0 Å². The molecular weight excluding hydrogens is 262 g/mol. The fourth-order valence-electron chi connectivity index (χ4n) is 3.10. The van der Waals surface area contributed by atoms with Crippen molar-refractivity contribution in [1.29, 1.82) is 0 Å². The molecule has 0 bridgehead atoms. The lowest BCUT2D eigenvalue weighted by atomic mass is 10.1. The minimum atomic E-state index is 0.736. The van der Waals surface area contributed by atoms with E-state index in [0.29, 0.717) is 0 Å². The molecule has 20 heavy (non-hydrogen) atoms. The van der Waals surface area contributed by atoms with Crippen LogP contribution in [0.25, 0.3) is 10.4 Å². The third-order valence-electron chi connectivity index (χ3n) is 4.37. The lowest BCUT2D eigenvalue weighted by Crippen LogP contribution is -2.30. The number of hydrogen-bond acceptors (Lipinski definition) is 2. The maximum atomic E-state index is 2.52. The van der Waals surface area contributed by atoms with E-state index < -0.39 is 0 Å². The number of rotatable bonds is 3. The largest absolute Gasteiger partial charge is 0.364 e. The van der Waals surface area contributed by atoms with Crippen LogP contribution in [0.15, 0.2) is 42.5 Å². The Morgan fingerprint density at radius 2 is 1.60 bits per heavy atom. The van der Waals surface area contributed by atoms with Crippen LogP contribution in [-0.4, -0.2) is 13.1 Å². The first-order chi connectivity index (χ1) is 9.84. The zero-order valence-electron chi connectivity index (χ0n) is 12.2. The fourth-order valence-corrected chi connectivity index (χ4v) is 4.14. The van der Waals surface area contributed by atoms with E-state index in [2.05, 4.69) is 54.4 Å². The third kappa shape index (κ3) is 3.06. The summed E-state index contributed by atoms with van der Waals surface area (Å²) in [5.74, 6) is 0. The average molecular weight is 285 g/mol. The van der Waals surface area contributed by atoms with Gasteiger partial charge in [-0.3, -0.25) is 0 Å². The molecule has 3 rings (SSSR count). The van der Waals surface area contributed by atoms with Gasteiger partial charge < -0.3 is 4.90 Å². The second-order valence-electron chi connectivity index (χ2n) is 5.76. The highest BCUT2D eigenvalue weighted by atomic mass is 32.1. The van der Waals surface area contributed by atoms with Crippen LogP contribution in [0.4, 0.5) is 5.00 Å². The number of nitrogens with zero attached hydrogens (tertiary/aromatic N) is 1. The number of anilines is 1. The number of hydrogen-bond donors (Lipinski definition) is 0. The smallest absolute Gasteiger partial charge is 0.0914 e. The molecule has 1 nitrogen and oxygen atoms in total. The summed E-state index contributed by atoms with van der Waals surface area (Å²) in [5, 5.41) is 1.41. The molecule has 1 aromatic heterocycles. The minimum Gasteiger partial charge on any atom is -0.364 e. The Bertz CT molecular complexity index is 523. The van der Waals surface area contributed by atoms with Crippen LogP contribution in [0.3, 0.4) is 0 Å². The molecular formula is C18H23NS. The van der Waals surface area contributed by atoms with Crippen molar-refractivity contribution >= 4 is 16.3 Å². The van der Waals surface area contributed by atoms with Crippen LogP contribution in [0.1, 0.15) is 38.5 Å². The van der Waals surface area contributed by atoms with Gasteiger partial charge in [0.05, 0.1) is 5.00 Å². The van der Waals surface area contributed by atoms with Crippen molar-refractivity contribution < 1.29 is 0 Å². The molecule has 1 saturated carbocycles. The highest BCUT2D eigenvalue weighted by molar-refractivity contribution is 7.19. The average Bonchev–Trinajstić information content (AvgIpc) is 2.83.